The number of aromatic nitrogens is 2. The fourth-order valence-electron chi connectivity index (χ4n) is 0.551. The lowest BCUT2D eigenvalue weighted by Crippen LogP contribution is -2.00. The van der Waals surface area contributed by atoms with E-state index in [0.29, 0.717) is 5.95 Å². The smallest absolute Gasteiger partial charge is 0.201 e. The lowest BCUT2D eigenvalue weighted by atomic mass is 10.7. The number of nitriles is 1. The van der Waals surface area contributed by atoms with Crippen LogP contribution in [-0.4, -0.2) is 9.55 Å². The third kappa shape index (κ3) is 0.995. The predicted octanol–water partition coefficient (Wildman–Crippen LogP) is -0.0111. The van der Waals surface area contributed by atoms with Crippen molar-refractivity contribution in [2.24, 2.45) is 0 Å². The number of hydrogen-bond acceptors (Lipinski definition) is 3. The van der Waals surface area contributed by atoms with Gasteiger partial charge in [-0.2, -0.15) is 5.26 Å². The summed E-state index contributed by atoms with van der Waals surface area (Å²) in [6, 6.07) is 1.95. The third-order valence-corrected chi connectivity index (χ3v) is 0.989. The van der Waals surface area contributed by atoms with E-state index in [1.165, 1.54) is 0 Å². The van der Waals surface area contributed by atoms with Crippen LogP contribution in [0.25, 0.3) is 0 Å². The Morgan fingerprint density at radius 2 is 2.67 bits per heavy atom. The minimum atomic E-state index is 0.270. The summed E-state index contributed by atoms with van der Waals surface area (Å²) >= 11 is 0. The molecule has 1 heterocycles. The number of anilines is 1. The Morgan fingerprint density at radius 3 is 3.11 bits per heavy atom. The summed E-state index contributed by atoms with van der Waals surface area (Å²) in [6.45, 7) is 0.270. The highest BCUT2D eigenvalue weighted by atomic mass is 15.1. The summed E-state index contributed by atoms with van der Waals surface area (Å²) in [4.78, 5) is 3.72. The normalized spacial score (nSPS) is 8.78. The van der Waals surface area contributed by atoms with Crippen molar-refractivity contribution in [3.05, 3.63) is 12.4 Å². The summed E-state index contributed by atoms with van der Waals surface area (Å²) in [7, 11) is 0. The molecule has 1 aromatic rings. The van der Waals surface area contributed by atoms with Crippen molar-refractivity contribution in [2.45, 2.75) is 6.54 Å². The minimum absolute atomic E-state index is 0.270. The highest BCUT2D eigenvalue weighted by Crippen LogP contribution is 1.95. The van der Waals surface area contributed by atoms with Crippen LogP contribution < -0.4 is 5.73 Å². The van der Waals surface area contributed by atoms with Gasteiger partial charge in [0.15, 0.2) is 0 Å². The number of hydrogen-bond donors (Lipinski definition) is 1. The van der Waals surface area contributed by atoms with Crippen molar-refractivity contribution in [1.29, 1.82) is 5.26 Å². The van der Waals surface area contributed by atoms with Gasteiger partial charge < -0.3 is 10.3 Å². The topological polar surface area (TPSA) is 67.6 Å². The second kappa shape index (κ2) is 2.18. The molecule has 0 aromatic carbocycles. The molecule has 4 nitrogen and oxygen atoms in total. The molecule has 9 heavy (non-hydrogen) atoms. The molecule has 0 spiro atoms. The van der Waals surface area contributed by atoms with Gasteiger partial charge in [0.25, 0.3) is 0 Å². The van der Waals surface area contributed by atoms with Gasteiger partial charge in [-0.15, -0.1) is 0 Å². The number of rotatable bonds is 1. The van der Waals surface area contributed by atoms with Crippen molar-refractivity contribution < 1.29 is 0 Å². The van der Waals surface area contributed by atoms with Crippen molar-refractivity contribution in [3.8, 4) is 6.07 Å². The van der Waals surface area contributed by atoms with Crippen LogP contribution in [0.5, 0.6) is 0 Å². The van der Waals surface area contributed by atoms with Crippen LogP contribution in [0.3, 0.4) is 0 Å². The summed E-state index contributed by atoms with van der Waals surface area (Å²) in [5, 5.41) is 8.21. The maximum atomic E-state index is 8.21. The third-order valence-electron chi connectivity index (χ3n) is 0.989. The quantitative estimate of drug-likeness (QED) is 0.569. The molecule has 0 aliphatic rings. The average Bonchev–Trinajstić information content (AvgIpc) is 2.18. The molecule has 2 N–H and O–H groups in total. The Hall–Kier alpha value is -1.50. The molecule has 0 radical (unpaired) electrons. The van der Waals surface area contributed by atoms with Crippen LogP contribution in [0.1, 0.15) is 0 Å². The van der Waals surface area contributed by atoms with E-state index in [1.807, 2.05) is 6.07 Å². The van der Waals surface area contributed by atoms with Crippen LogP contribution in [0, 0.1) is 11.3 Å². The standard InChI is InChI=1S/C5H6N4/c6-1-3-9-4-2-8-5(9)7/h2,4H,3H2,(H2,7,8). The molecule has 0 bridgehead atoms. The van der Waals surface area contributed by atoms with E-state index in [-0.39, 0.29) is 6.54 Å². The molecule has 0 saturated heterocycles. The maximum Gasteiger partial charge on any atom is 0.201 e. The largest absolute Gasteiger partial charge is 0.369 e. The summed E-state index contributed by atoms with van der Waals surface area (Å²) in [5.74, 6) is 0.386. The maximum absolute atomic E-state index is 8.21. The Kier molecular flexibility index (Phi) is 1.36. The lowest BCUT2D eigenvalue weighted by Gasteiger charge is -1.93. The average molecular weight is 122 g/mol. The van der Waals surface area contributed by atoms with Gasteiger partial charge in [-0.25, -0.2) is 4.98 Å². The molecule has 0 saturated carbocycles. The van der Waals surface area contributed by atoms with E-state index in [1.54, 1.807) is 17.0 Å². The number of nitrogens with zero attached hydrogens (tertiary/aromatic N) is 3. The monoisotopic (exact) mass is 122 g/mol. The van der Waals surface area contributed by atoms with E-state index in [2.05, 4.69) is 4.98 Å². The van der Waals surface area contributed by atoms with Crippen molar-refractivity contribution >= 4 is 5.95 Å². The van der Waals surface area contributed by atoms with Gasteiger partial charge in [0.1, 0.15) is 6.54 Å². The summed E-state index contributed by atoms with van der Waals surface area (Å²) < 4.78 is 1.57. The highest BCUT2D eigenvalue weighted by molar-refractivity contribution is 5.17. The first-order valence-electron chi connectivity index (χ1n) is 2.48. The molecule has 1 rings (SSSR count). The van der Waals surface area contributed by atoms with E-state index in [4.69, 9.17) is 11.0 Å². The van der Waals surface area contributed by atoms with Gasteiger partial charge in [-0.1, -0.05) is 0 Å². The van der Waals surface area contributed by atoms with Gasteiger partial charge in [0, 0.05) is 12.4 Å². The number of nitrogens with two attached hydrogens (primary N) is 1. The van der Waals surface area contributed by atoms with E-state index in [0.717, 1.165) is 0 Å². The Balaban J connectivity index is 2.84. The minimum Gasteiger partial charge on any atom is -0.369 e. The zero-order valence-electron chi connectivity index (χ0n) is 4.78. The molecular formula is C5H6N4. The molecule has 0 aliphatic heterocycles. The molecule has 0 atom stereocenters. The van der Waals surface area contributed by atoms with E-state index in [9.17, 15) is 0 Å². The summed E-state index contributed by atoms with van der Waals surface area (Å²) in [5.41, 5.74) is 5.33. The fourth-order valence-corrected chi connectivity index (χ4v) is 0.551. The molecule has 4 heteroatoms. The second-order valence-electron chi connectivity index (χ2n) is 1.57. The van der Waals surface area contributed by atoms with Crippen molar-refractivity contribution in [1.82, 2.24) is 9.55 Å². The molecule has 1 aromatic heterocycles. The Labute approximate surface area is 52.5 Å². The van der Waals surface area contributed by atoms with Crippen LogP contribution in [0.15, 0.2) is 12.4 Å². The zero-order valence-corrected chi connectivity index (χ0v) is 4.78. The molecule has 0 aliphatic carbocycles. The second-order valence-corrected chi connectivity index (χ2v) is 1.57. The first-order chi connectivity index (χ1) is 4.34. The molecule has 46 valence electrons. The van der Waals surface area contributed by atoms with Gasteiger partial charge >= 0.3 is 0 Å². The molecular weight excluding hydrogens is 116 g/mol. The molecule has 0 fully saturated rings. The first-order valence-corrected chi connectivity index (χ1v) is 2.48. The highest BCUT2D eigenvalue weighted by Gasteiger charge is 1.92. The van der Waals surface area contributed by atoms with Gasteiger partial charge in [0.05, 0.1) is 6.07 Å². The van der Waals surface area contributed by atoms with E-state index >= 15 is 0 Å². The lowest BCUT2D eigenvalue weighted by molar-refractivity contribution is 0.845. The predicted molar refractivity (Wildman–Crippen MR) is 32.3 cm³/mol. The zero-order chi connectivity index (χ0) is 6.69. The first kappa shape index (κ1) is 5.63. The summed E-state index contributed by atoms with van der Waals surface area (Å²) in [6.07, 6.45) is 3.23. The van der Waals surface area contributed by atoms with Crippen LogP contribution in [0.4, 0.5) is 5.95 Å². The number of imidazole rings is 1. The van der Waals surface area contributed by atoms with E-state index < -0.39 is 0 Å². The van der Waals surface area contributed by atoms with Crippen LogP contribution in [0.2, 0.25) is 0 Å². The Bertz CT molecular complexity index is 231. The fraction of sp³-hybridized carbons (Fsp3) is 0.200. The molecule has 0 amide bonds. The van der Waals surface area contributed by atoms with Crippen molar-refractivity contribution in [2.75, 3.05) is 5.73 Å². The van der Waals surface area contributed by atoms with Crippen molar-refractivity contribution in [3.63, 3.8) is 0 Å². The SMILES string of the molecule is N#CCn1ccnc1N. The van der Waals surface area contributed by atoms with Gasteiger partial charge in [-0.3, -0.25) is 0 Å². The van der Waals surface area contributed by atoms with Crippen LogP contribution in [-0.2, 0) is 6.54 Å². The van der Waals surface area contributed by atoms with Gasteiger partial charge in [0.2, 0.25) is 5.95 Å². The number of nitrogen functional groups attached to an aromatic ring is 1. The van der Waals surface area contributed by atoms with Gasteiger partial charge in [-0.05, 0) is 0 Å². The molecule has 0 unspecified atom stereocenters. The Morgan fingerprint density at radius 1 is 1.89 bits per heavy atom. The van der Waals surface area contributed by atoms with Crippen LogP contribution >= 0.6 is 0 Å².